The van der Waals surface area contributed by atoms with Crippen LogP contribution in [-0.2, 0) is 32.3 Å². The Morgan fingerprint density at radius 2 is 0.914 bits per heavy atom. The maximum atomic E-state index is 13.9. The molecule has 366 valence electrons. The van der Waals surface area contributed by atoms with E-state index in [2.05, 4.69) is 54.5 Å². The fourth-order valence-corrected chi connectivity index (χ4v) is 7.99. The molecule has 2 aromatic carbocycles. The minimum absolute atomic E-state index is 0.0132. The van der Waals surface area contributed by atoms with Crippen molar-refractivity contribution in [3.63, 3.8) is 0 Å². The summed E-state index contributed by atoms with van der Waals surface area (Å²) in [5.74, 6) is -5.05. The number of hydrogen-bond acceptors (Lipinski definition) is 15. The van der Waals surface area contributed by atoms with Crippen LogP contribution in [0.5, 0.6) is 0 Å². The fourth-order valence-electron chi connectivity index (χ4n) is 7.99. The van der Waals surface area contributed by atoms with Crippen molar-refractivity contribution in [3.05, 3.63) is 108 Å². The van der Waals surface area contributed by atoms with Crippen LogP contribution in [0.4, 0.5) is 11.4 Å². The molecule has 0 saturated heterocycles. The van der Waals surface area contributed by atoms with Gasteiger partial charge in [-0.25, -0.2) is 19.2 Å². The molecule has 0 fully saturated rings. The van der Waals surface area contributed by atoms with E-state index in [-0.39, 0.29) is 11.6 Å². The van der Waals surface area contributed by atoms with Crippen molar-refractivity contribution in [2.75, 3.05) is 85.1 Å². The Morgan fingerprint density at radius 3 is 1.26 bits per heavy atom. The van der Waals surface area contributed by atoms with E-state index in [0.717, 1.165) is 121 Å². The quantitative estimate of drug-likeness (QED) is 0.0457. The lowest BCUT2D eigenvalue weighted by molar-refractivity contribution is -0.134. The first kappa shape index (κ1) is 51.3. The molecular formula is C49H55N11O10. The molecule has 6 N–H and O–H groups in total. The minimum atomic E-state index is -1.26. The first-order valence-electron chi connectivity index (χ1n) is 22.3. The molecule has 0 amide bonds. The standard InChI is InChI=1S/C41H47N11O2.2C4H4O4/c1-48(2)20-22-51-32-10-8-30(34-36(32)38(46-51)26-12-16-42-24-28(26)40(34)53)44-14-6-18-50(5)19-7-15-45-31-9-11-33-37-35(31)41(54)29-25-43-17-13-27(29)39(37)47-52(33)23-21-49(3)4;2*5-3(6)1-2-4(7)8/h8-13,16-17,24-25,44-45H,6-7,14-15,18-23H2,1-5H3;2*1-2H,(H,5,6)(H,7,8)/b;2*2-1-. The Kier molecular flexibility index (Phi) is 17.0. The first-order valence-corrected chi connectivity index (χ1v) is 22.3. The summed E-state index contributed by atoms with van der Waals surface area (Å²) < 4.78 is 4.04. The zero-order valence-electron chi connectivity index (χ0n) is 39.4. The highest BCUT2D eigenvalue weighted by molar-refractivity contribution is 6.28. The number of carbonyl (C=O) groups is 6. The first-order chi connectivity index (χ1) is 33.5. The molecule has 4 aromatic heterocycles. The Balaban J connectivity index is 0.000000433. The predicted octanol–water partition coefficient (Wildman–Crippen LogP) is 4.38. The largest absolute Gasteiger partial charge is 0.478 e. The fraction of sp³-hybridized carbons (Fsp3) is 0.306. The number of pyridine rings is 2. The van der Waals surface area contributed by atoms with Crippen molar-refractivity contribution >= 4 is 68.6 Å². The van der Waals surface area contributed by atoms with Crippen LogP contribution in [0.3, 0.4) is 0 Å². The number of fused-ring (bicyclic) bond motifs is 4. The van der Waals surface area contributed by atoms with Crippen molar-refractivity contribution in [2.24, 2.45) is 0 Å². The van der Waals surface area contributed by atoms with Gasteiger partial charge in [-0.15, -0.1) is 0 Å². The third-order valence-corrected chi connectivity index (χ3v) is 11.3. The molecule has 0 atom stereocenters. The van der Waals surface area contributed by atoms with Gasteiger partial charge < -0.3 is 45.8 Å². The summed E-state index contributed by atoms with van der Waals surface area (Å²) in [5, 5.41) is 50.2. The van der Waals surface area contributed by atoms with Crippen LogP contribution in [0.2, 0.25) is 0 Å². The van der Waals surface area contributed by atoms with E-state index < -0.39 is 23.9 Å². The summed E-state index contributed by atoms with van der Waals surface area (Å²) in [6, 6.07) is 12.0. The van der Waals surface area contributed by atoms with Crippen LogP contribution >= 0.6 is 0 Å². The third-order valence-electron chi connectivity index (χ3n) is 11.3. The number of aliphatic carboxylic acids is 4. The lowest BCUT2D eigenvalue weighted by atomic mass is 9.87. The predicted molar refractivity (Wildman–Crippen MR) is 262 cm³/mol. The Morgan fingerprint density at radius 1 is 0.543 bits per heavy atom. The van der Waals surface area contributed by atoms with Crippen molar-refractivity contribution in [1.82, 2.24) is 44.2 Å². The van der Waals surface area contributed by atoms with Crippen LogP contribution in [-0.4, -0.2) is 175 Å². The molecule has 8 rings (SSSR count). The topological polar surface area (TPSA) is 279 Å². The summed E-state index contributed by atoms with van der Waals surface area (Å²) >= 11 is 0. The SMILES string of the molecule is CN(C)CCn1nc2c3c(c(NCCCN(C)CCCNc4ccc5c6c(nn5CCN(C)C)-c5ccncc5C(=O)c46)ccc31)C(=O)c1cnccc1-2.O=C(O)/C=C\C(=O)O.O=C(O)/C=C\C(=O)O. The highest BCUT2D eigenvalue weighted by atomic mass is 16.4. The molecule has 0 spiro atoms. The molecule has 2 aliphatic carbocycles. The van der Waals surface area contributed by atoms with E-state index in [9.17, 15) is 28.8 Å². The second-order valence-electron chi connectivity index (χ2n) is 16.9. The number of carboxylic acid groups (broad SMARTS) is 4. The lowest BCUT2D eigenvalue weighted by Crippen LogP contribution is -2.25. The Labute approximate surface area is 402 Å². The Hall–Kier alpha value is -8.14. The number of nitrogens with zero attached hydrogens (tertiary/aromatic N) is 9. The molecule has 21 nitrogen and oxygen atoms in total. The highest BCUT2D eigenvalue weighted by Gasteiger charge is 2.33. The van der Waals surface area contributed by atoms with Crippen LogP contribution < -0.4 is 10.6 Å². The van der Waals surface area contributed by atoms with Crippen molar-refractivity contribution in [2.45, 2.75) is 25.9 Å². The van der Waals surface area contributed by atoms with Gasteiger partial charge in [-0.3, -0.25) is 28.9 Å². The number of carbonyl (C=O) groups excluding carboxylic acids is 2. The van der Waals surface area contributed by atoms with Gasteiger partial charge in [0.15, 0.2) is 11.6 Å². The molecule has 21 heteroatoms. The van der Waals surface area contributed by atoms with E-state index in [0.29, 0.717) is 46.6 Å². The summed E-state index contributed by atoms with van der Waals surface area (Å²) in [7, 11) is 10.3. The lowest BCUT2D eigenvalue weighted by Gasteiger charge is -2.20. The normalized spacial score (nSPS) is 12.3. The number of nitrogens with one attached hydrogen (secondary N) is 2. The number of rotatable bonds is 20. The van der Waals surface area contributed by atoms with Crippen molar-refractivity contribution < 1.29 is 49.2 Å². The number of carboxylic acids is 4. The van der Waals surface area contributed by atoms with Gasteiger partial charge in [0.25, 0.3) is 0 Å². The van der Waals surface area contributed by atoms with Crippen LogP contribution in [0, 0.1) is 0 Å². The summed E-state index contributed by atoms with van der Waals surface area (Å²) in [4.78, 5) is 81.0. The Bertz CT molecular complexity index is 2780. The molecular weight excluding hydrogens is 903 g/mol. The maximum Gasteiger partial charge on any atom is 0.328 e. The number of hydrogen-bond donors (Lipinski definition) is 6. The second kappa shape index (κ2) is 23.2. The molecule has 4 heterocycles. The average Bonchev–Trinajstić information content (AvgIpc) is 3.89. The molecule has 0 aliphatic heterocycles. The summed E-state index contributed by atoms with van der Waals surface area (Å²) in [6.07, 6.45) is 10.8. The number of aromatic nitrogens is 6. The molecule has 2 aliphatic rings. The molecule has 0 saturated carbocycles. The van der Waals surface area contributed by atoms with E-state index in [4.69, 9.17) is 30.6 Å². The van der Waals surface area contributed by atoms with E-state index in [1.54, 1.807) is 24.8 Å². The van der Waals surface area contributed by atoms with Crippen LogP contribution in [0.25, 0.3) is 44.3 Å². The number of benzene rings is 2. The zero-order chi connectivity index (χ0) is 50.6. The molecule has 6 aromatic rings. The van der Waals surface area contributed by atoms with Crippen LogP contribution in [0.1, 0.15) is 44.7 Å². The number of likely N-dealkylation sites (N-methyl/N-ethyl adjacent to an activating group) is 2. The van der Waals surface area contributed by atoms with Gasteiger partial charge in [0.2, 0.25) is 0 Å². The molecule has 0 bridgehead atoms. The maximum absolute atomic E-state index is 13.9. The van der Waals surface area contributed by atoms with Gasteiger partial charge in [-0.2, -0.15) is 10.2 Å². The molecule has 70 heavy (non-hydrogen) atoms. The van der Waals surface area contributed by atoms with Gasteiger partial charge in [0, 0.05) is 109 Å². The van der Waals surface area contributed by atoms with Gasteiger partial charge in [0.05, 0.1) is 46.4 Å². The average molecular weight is 958 g/mol. The second-order valence-corrected chi connectivity index (χ2v) is 16.9. The number of ketones is 2. The summed E-state index contributed by atoms with van der Waals surface area (Å²) in [5.41, 5.74) is 9.55. The van der Waals surface area contributed by atoms with E-state index >= 15 is 0 Å². The van der Waals surface area contributed by atoms with Crippen molar-refractivity contribution in [1.29, 1.82) is 0 Å². The minimum Gasteiger partial charge on any atom is -0.478 e. The van der Waals surface area contributed by atoms with Gasteiger partial charge in [-0.05, 0) is 97.6 Å². The van der Waals surface area contributed by atoms with Crippen molar-refractivity contribution in [3.8, 4) is 22.5 Å². The van der Waals surface area contributed by atoms with Gasteiger partial charge in [-0.1, -0.05) is 0 Å². The smallest absolute Gasteiger partial charge is 0.328 e. The van der Waals surface area contributed by atoms with Crippen LogP contribution in [0.15, 0.2) is 85.5 Å². The highest BCUT2D eigenvalue weighted by Crippen LogP contribution is 2.43. The molecule has 0 unspecified atom stereocenters. The van der Waals surface area contributed by atoms with Gasteiger partial charge >= 0.3 is 23.9 Å². The third kappa shape index (κ3) is 12.3. The zero-order valence-corrected chi connectivity index (χ0v) is 39.4. The summed E-state index contributed by atoms with van der Waals surface area (Å²) in [6.45, 7) is 6.41. The monoisotopic (exact) mass is 957 g/mol. The van der Waals surface area contributed by atoms with E-state index in [1.807, 2.05) is 61.8 Å². The van der Waals surface area contributed by atoms with Gasteiger partial charge in [0.1, 0.15) is 11.4 Å². The van der Waals surface area contributed by atoms with E-state index in [1.165, 1.54) is 0 Å². The molecule has 0 radical (unpaired) electrons. The number of anilines is 2.